The van der Waals surface area contributed by atoms with Crippen molar-refractivity contribution in [2.24, 2.45) is 0 Å². The van der Waals surface area contributed by atoms with Crippen molar-refractivity contribution in [2.75, 3.05) is 13.1 Å². The Morgan fingerprint density at radius 2 is 2.28 bits per heavy atom. The smallest absolute Gasteiger partial charge is 0.245 e. The van der Waals surface area contributed by atoms with E-state index in [1.54, 1.807) is 11.1 Å². The number of ether oxygens (including phenoxy) is 1. The van der Waals surface area contributed by atoms with Crippen LogP contribution in [-0.4, -0.2) is 35.0 Å². The van der Waals surface area contributed by atoms with E-state index in [0.717, 1.165) is 31.5 Å². The quantitative estimate of drug-likeness (QED) is 0.765. The monoisotopic (exact) mass is 246 g/mol. The number of aromatic nitrogens is 1. The number of nitrogens with zero attached hydrogens (tertiary/aromatic N) is 2. The Morgan fingerprint density at radius 3 is 2.89 bits per heavy atom. The Hall–Kier alpha value is -1.84. The number of likely N-dealkylation sites (tertiary alicyclic amines) is 1. The fraction of sp³-hybridized carbons (Fsp3) is 0.429. The van der Waals surface area contributed by atoms with Gasteiger partial charge in [0.05, 0.1) is 0 Å². The number of carbonyl (C=O) groups is 1. The summed E-state index contributed by atoms with van der Waals surface area (Å²) in [5.41, 5.74) is 1.04. The average Bonchev–Trinajstić information content (AvgIpc) is 2.41. The van der Waals surface area contributed by atoms with E-state index in [2.05, 4.69) is 11.6 Å². The molecule has 0 unspecified atom stereocenters. The van der Waals surface area contributed by atoms with Gasteiger partial charge in [0, 0.05) is 37.7 Å². The molecule has 1 fully saturated rings. The van der Waals surface area contributed by atoms with E-state index in [1.807, 2.05) is 19.1 Å². The minimum absolute atomic E-state index is 0.00228. The summed E-state index contributed by atoms with van der Waals surface area (Å²) in [5.74, 6) is 0.702. The predicted octanol–water partition coefficient (Wildman–Crippen LogP) is 1.95. The third kappa shape index (κ3) is 2.88. The van der Waals surface area contributed by atoms with Gasteiger partial charge in [-0.05, 0) is 19.1 Å². The maximum atomic E-state index is 11.4. The van der Waals surface area contributed by atoms with E-state index in [1.165, 1.54) is 6.08 Å². The molecule has 4 heteroatoms. The maximum Gasteiger partial charge on any atom is 0.245 e. The molecule has 1 aliphatic rings. The molecule has 0 bridgehead atoms. The molecule has 18 heavy (non-hydrogen) atoms. The van der Waals surface area contributed by atoms with Crippen LogP contribution in [0.1, 0.15) is 18.4 Å². The van der Waals surface area contributed by atoms with Crippen molar-refractivity contribution in [2.45, 2.75) is 25.9 Å². The summed E-state index contributed by atoms with van der Waals surface area (Å²) in [6.07, 6.45) is 4.93. The molecule has 0 saturated carbocycles. The van der Waals surface area contributed by atoms with Crippen molar-refractivity contribution in [1.29, 1.82) is 0 Å². The fourth-order valence-electron chi connectivity index (χ4n) is 2.08. The van der Waals surface area contributed by atoms with E-state index < -0.39 is 0 Å². The highest BCUT2D eigenvalue weighted by molar-refractivity contribution is 5.87. The first-order valence-electron chi connectivity index (χ1n) is 6.20. The van der Waals surface area contributed by atoms with Crippen LogP contribution < -0.4 is 4.74 Å². The molecule has 1 aliphatic heterocycles. The molecular formula is C14H18N2O2. The Balaban J connectivity index is 1.89. The van der Waals surface area contributed by atoms with Crippen LogP contribution in [0.3, 0.4) is 0 Å². The molecule has 1 aromatic rings. The third-order valence-electron chi connectivity index (χ3n) is 3.17. The molecule has 0 aromatic carbocycles. The number of amides is 1. The summed E-state index contributed by atoms with van der Waals surface area (Å²) in [6.45, 7) is 6.93. The van der Waals surface area contributed by atoms with Crippen LogP contribution >= 0.6 is 0 Å². The summed E-state index contributed by atoms with van der Waals surface area (Å²) in [4.78, 5) is 17.5. The maximum absolute atomic E-state index is 11.4. The van der Waals surface area contributed by atoms with Crippen LogP contribution in [0.25, 0.3) is 0 Å². The van der Waals surface area contributed by atoms with Gasteiger partial charge in [0.25, 0.3) is 0 Å². The molecule has 1 aromatic heterocycles. The van der Waals surface area contributed by atoms with Crippen LogP contribution in [0.5, 0.6) is 5.88 Å². The summed E-state index contributed by atoms with van der Waals surface area (Å²) >= 11 is 0. The Morgan fingerprint density at radius 1 is 1.56 bits per heavy atom. The summed E-state index contributed by atoms with van der Waals surface area (Å²) < 4.78 is 5.87. The van der Waals surface area contributed by atoms with E-state index >= 15 is 0 Å². The number of piperidine rings is 1. The molecule has 1 amide bonds. The number of pyridine rings is 1. The van der Waals surface area contributed by atoms with Crippen LogP contribution in [0.4, 0.5) is 0 Å². The number of rotatable bonds is 3. The lowest BCUT2D eigenvalue weighted by atomic mass is 10.1. The van der Waals surface area contributed by atoms with Gasteiger partial charge in [-0.25, -0.2) is 4.98 Å². The zero-order valence-electron chi connectivity index (χ0n) is 10.6. The van der Waals surface area contributed by atoms with Gasteiger partial charge >= 0.3 is 0 Å². The van der Waals surface area contributed by atoms with Gasteiger partial charge in [-0.1, -0.05) is 12.6 Å². The third-order valence-corrected chi connectivity index (χ3v) is 3.17. The zero-order valence-corrected chi connectivity index (χ0v) is 10.6. The van der Waals surface area contributed by atoms with E-state index in [-0.39, 0.29) is 12.0 Å². The van der Waals surface area contributed by atoms with E-state index in [0.29, 0.717) is 5.88 Å². The minimum atomic E-state index is 0.00228. The van der Waals surface area contributed by atoms with Crippen molar-refractivity contribution in [3.8, 4) is 5.88 Å². The first-order valence-corrected chi connectivity index (χ1v) is 6.20. The molecule has 1 saturated heterocycles. The Bertz CT molecular complexity index is 437. The van der Waals surface area contributed by atoms with Crippen molar-refractivity contribution in [1.82, 2.24) is 9.88 Å². The van der Waals surface area contributed by atoms with Gasteiger partial charge in [-0.15, -0.1) is 0 Å². The summed E-state index contributed by atoms with van der Waals surface area (Å²) in [7, 11) is 0. The second kappa shape index (κ2) is 5.67. The van der Waals surface area contributed by atoms with Gasteiger partial charge in [0.15, 0.2) is 0 Å². The highest BCUT2D eigenvalue weighted by Crippen LogP contribution is 2.19. The van der Waals surface area contributed by atoms with Crippen molar-refractivity contribution in [3.63, 3.8) is 0 Å². The van der Waals surface area contributed by atoms with Crippen LogP contribution in [0, 0.1) is 6.92 Å². The average molecular weight is 246 g/mol. The first-order chi connectivity index (χ1) is 8.70. The lowest BCUT2D eigenvalue weighted by Gasteiger charge is -2.31. The first kappa shape index (κ1) is 12.6. The second-order valence-electron chi connectivity index (χ2n) is 4.47. The standard InChI is InChI=1S/C14H18N2O2/c1-3-13(17)16-9-6-12(7-10-16)18-14-11(2)5-4-8-15-14/h3-5,8,12H,1,6-7,9-10H2,2H3. The molecule has 0 aliphatic carbocycles. The SMILES string of the molecule is C=CC(=O)N1CCC(Oc2ncccc2C)CC1. The Kier molecular flexibility index (Phi) is 3.97. The minimum Gasteiger partial charge on any atom is -0.474 e. The number of hydrogen-bond acceptors (Lipinski definition) is 3. The topological polar surface area (TPSA) is 42.4 Å². The zero-order chi connectivity index (χ0) is 13.0. The largest absolute Gasteiger partial charge is 0.474 e. The van der Waals surface area contributed by atoms with Crippen LogP contribution in [0.2, 0.25) is 0 Å². The van der Waals surface area contributed by atoms with Crippen molar-refractivity contribution in [3.05, 3.63) is 36.5 Å². The number of hydrogen-bond donors (Lipinski definition) is 0. The lowest BCUT2D eigenvalue weighted by Crippen LogP contribution is -2.41. The molecule has 0 spiro atoms. The van der Waals surface area contributed by atoms with Crippen LogP contribution in [-0.2, 0) is 4.79 Å². The van der Waals surface area contributed by atoms with Gasteiger partial charge in [0.2, 0.25) is 11.8 Å². The van der Waals surface area contributed by atoms with Gasteiger partial charge < -0.3 is 9.64 Å². The van der Waals surface area contributed by atoms with Gasteiger partial charge in [-0.2, -0.15) is 0 Å². The summed E-state index contributed by atoms with van der Waals surface area (Å²) in [6, 6.07) is 3.88. The highest BCUT2D eigenvalue weighted by atomic mass is 16.5. The molecule has 2 heterocycles. The Labute approximate surface area is 107 Å². The lowest BCUT2D eigenvalue weighted by molar-refractivity contribution is -0.127. The molecule has 4 nitrogen and oxygen atoms in total. The van der Waals surface area contributed by atoms with Crippen molar-refractivity contribution < 1.29 is 9.53 Å². The van der Waals surface area contributed by atoms with Crippen molar-refractivity contribution >= 4 is 5.91 Å². The highest BCUT2D eigenvalue weighted by Gasteiger charge is 2.23. The van der Waals surface area contributed by atoms with E-state index in [4.69, 9.17) is 4.74 Å². The second-order valence-corrected chi connectivity index (χ2v) is 4.47. The number of carbonyl (C=O) groups excluding carboxylic acids is 1. The molecule has 2 rings (SSSR count). The molecule has 0 atom stereocenters. The van der Waals surface area contributed by atoms with Gasteiger partial charge in [0.1, 0.15) is 6.10 Å². The molecule has 0 N–H and O–H groups in total. The molecule has 96 valence electrons. The number of aryl methyl sites for hydroxylation is 1. The molecule has 0 radical (unpaired) electrons. The normalized spacial score (nSPS) is 16.4. The van der Waals surface area contributed by atoms with Gasteiger partial charge in [-0.3, -0.25) is 4.79 Å². The molecular weight excluding hydrogens is 228 g/mol. The fourth-order valence-corrected chi connectivity index (χ4v) is 2.08. The van der Waals surface area contributed by atoms with Crippen LogP contribution in [0.15, 0.2) is 31.0 Å². The van der Waals surface area contributed by atoms with E-state index in [9.17, 15) is 4.79 Å². The summed E-state index contributed by atoms with van der Waals surface area (Å²) in [5, 5.41) is 0. The predicted molar refractivity (Wildman–Crippen MR) is 69.4 cm³/mol.